The summed E-state index contributed by atoms with van der Waals surface area (Å²) in [5.41, 5.74) is 2.23. The van der Waals surface area contributed by atoms with Crippen LogP contribution in [0.25, 0.3) is 21.9 Å². The Hall–Kier alpha value is -2.29. The van der Waals surface area contributed by atoms with Gasteiger partial charge < -0.3 is 9.52 Å². The maximum absolute atomic E-state index is 12.4. The smallest absolute Gasteiger partial charge is 0.200 e. The highest BCUT2D eigenvalue weighted by Crippen LogP contribution is 2.30. The number of para-hydroxylation sites is 1. The van der Waals surface area contributed by atoms with Gasteiger partial charge in [0.2, 0.25) is 5.43 Å². The summed E-state index contributed by atoms with van der Waals surface area (Å²) >= 11 is 0. The number of benzene rings is 2. The molecule has 0 aliphatic heterocycles. The lowest BCUT2D eigenvalue weighted by Crippen LogP contribution is -2.03. The molecule has 3 nitrogen and oxygen atoms in total. The first-order valence-electron chi connectivity index (χ1n) is 5.74. The van der Waals surface area contributed by atoms with Crippen LogP contribution in [0.5, 0.6) is 5.75 Å². The molecule has 18 heavy (non-hydrogen) atoms. The molecule has 0 radical (unpaired) electrons. The summed E-state index contributed by atoms with van der Waals surface area (Å²) in [4.78, 5) is 12.4. The molecule has 0 bridgehead atoms. The third-order valence-electron chi connectivity index (χ3n) is 3.26. The summed E-state index contributed by atoms with van der Waals surface area (Å²) in [6.45, 7) is 3.53. The minimum Gasteiger partial charge on any atom is -0.507 e. The second-order valence-corrected chi connectivity index (χ2v) is 4.47. The van der Waals surface area contributed by atoms with Crippen LogP contribution in [0.2, 0.25) is 0 Å². The molecule has 1 N–H and O–H groups in total. The topological polar surface area (TPSA) is 50.4 Å². The van der Waals surface area contributed by atoms with Gasteiger partial charge in [0.25, 0.3) is 0 Å². The van der Waals surface area contributed by atoms with Crippen LogP contribution < -0.4 is 5.43 Å². The molecule has 3 aromatic rings. The first kappa shape index (κ1) is 10.8. The second kappa shape index (κ2) is 3.60. The lowest BCUT2D eigenvalue weighted by Gasteiger charge is -2.07. The van der Waals surface area contributed by atoms with Gasteiger partial charge in [-0.3, -0.25) is 4.79 Å². The predicted molar refractivity (Wildman–Crippen MR) is 71.1 cm³/mol. The van der Waals surface area contributed by atoms with E-state index in [0.29, 0.717) is 33.1 Å². The first-order chi connectivity index (χ1) is 8.59. The van der Waals surface area contributed by atoms with Crippen molar-refractivity contribution in [3.8, 4) is 5.75 Å². The van der Waals surface area contributed by atoms with E-state index >= 15 is 0 Å². The van der Waals surface area contributed by atoms with E-state index < -0.39 is 0 Å². The minimum absolute atomic E-state index is 0.0574. The average Bonchev–Trinajstić information content (AvgIpc) is 2.38. The zero-order valence-electron chi connectivity index (χ0n) is 10.2. The minimum atomic E-state index is -0.0574. The molecule has 0 amide bonds. The van der Waals surface area contributed by atoms with Crippen LogP contribution in [0, 0.1) is 13.8 Å². The highest BCUT2D eigenvalue weighted by molar-refractivity contribution is 5.92. The van der Waals surface area contributed by atoms with Gasteiger partial charge in [0.05, 0.1) is 10.8 Å². The van der Waals surface area contributed by atoms with Gasteiger partial charge in [-0.25, -0.2) is 0 Å². The van der Waals surface area contributed by atoms with E-state index in [1.807, 2.05) is 12.1 Å². The summed E-state index contributed by atoms with van der Waals surface area (Å²) < 4.78 is 5.73. The van der Waals surface area contributed by atoms with Crippen LogP contribution in [0.15, 0.2) is 39.5 Å². The molecule has 3 heteroatoms. The highest BCUT2D eigenvalue weighted by atomic mass is 16.3. The maximum Gasteiger partial charge on any atom is 0.200 e. The van der Waals surface area contributed by atoms with E-state index in [1.54, 1.807) is 32.0 Å². The van der Waals surface area contributed by atoms with Crippen LogP contribution in [-0.2, 0) is 0 Å². The monoisotopic (exact) mass is 240 g/mol. The Morgan fingerprint density at radius 3 is 2.61 bits per heavy atom. The second-order valence-electron chi connectivity index (χ2n) is 4.47. The first-order valence-corrected chi connectivity index (χ1v) is 5.74. The average molecular weight is 240 g/mol. The molecule has 0 fully saturated rings. The standard InChI is InChI=1S/C15H12O3/c1-8-7-11-14(17)10-5-3-4-6-12(10)18-15(11)9(2)13(8)16/h3-7,16H,1-2H3. The molecule has 0 saturated heterocycles. The Morgan fingerprint density at radius 2 is 1.83 bits per heavy atom. The summed E-state index contributed by atoms with van der Waals surface area (Å²) in [5.74, 6) is 0.181. The van der Waals surface area contributed by atoms with Gasteiger partial charge in [-0.15, -0.1) is 0 Å². The molecule has 3 rings (SSSR count). The number of aromatic hydroxyl groups is 1. The lowest BCUT2D eigenvalue weighted by molar-refractivity contribution is 0.466. The van der Waals surface area contributed by atoms with Gasteiger partial charge in [-0.2, -0.15) is 0 Å². The summed E-state index contributed by atoms with van der Waals surface area (Å²) in [5, 5.41) is 11.0. The van der Waals surface area contributed by atoms with E-state index in [1.165, 1.54) is 0 Å². The number of phenols is 1. The van der Waals surface area contributed by atoms with Gasteiger partial charge >= 0.3 is 0 Å². The molecular weight excluding hydrogens is 228 g/mol. The van der Waals surface area contributed by atoms with Crippen molar-refractivity contribution in [1.29, 1.82) is 0 Å². The zero-order chi connectivity index (χ0) is 12.9. The normalized spacial score (nSPS) is 11.2. The molecule has 0 aliphatic carbocycles. The van der Waals surface area contributed by atoms with Gasteiger partial charge in [0.1, 0.15) is 16.9 Å². The summed E-state index contributed by atoms with van der Waals surface area (Å²) in [6, 6.07) is 8.81. The Bertz CT molecular complexity index is 828. The maximum atomic E-state index is 12.4. The van der Waals surface area contributed by atoms with Crippen molar-refractivity contribution >= 4 is 21.9 Å². The molecule has 1 aromatic heterocycles. The summed E-state index contributed by atoms with van der Waals surface area (Å²) in [7, 11) is 0. The van der Waals surface area contributed by atoms with Crippen molar-refractivity contribution in [2.75, 3.05) is 0 Å². The number of hydrogen-bond donors (Lipinski definition) is 1. The molecule has 90 valence electrons. The van der Waals surface area contributed by atoms with Crippen molar-refractivity contribution in [2.24, 2.45) is 0 Å². The van der Waals surface area contributed by atoms with Crippen LogP contribution >= 0.6 is 0 Å². The van der Waals surface area contributed by atoms with Crippen molar-refractivity contribution in [1.82, 2.24) is 0 Å². The third kappa shape index (κ3) is 1.34. The molecule has 0 atom stereocenters. The molecule has 0 saturated carbocycles. The van der Waals surface area contributed by atoms with Crippen LogP contribution in [0.3, 0.4) is 0 Å². The molecule has 0 spiro atoms. The highest BCUT2D eigenvalue weighted by Gasteiger charge is 2.13. The fourth-order valence-corrected chi connectivity index (χ4v) is 2.25. The van der Waals surface area contributed by atoms with Gasteiger partial charge in [0.15, 0.2) is 0 Å². The SMILES string of the molecule is Cc1cc2c(=O)c3ccccc3oc2c(C)c1O. The molecule has 0 unspecified atom stereocenters. The Labute approximate surface area is 103 Å². The van der Waals surface area contributed by atoms with Crippen LogP contribution in [0.1, 0.15) is 11.1 Å². The van der Waals surface area contributed by atoms with Crippen molar-refractivity contribution in [3.05, 3.63) is 51.7 Å². The number of fused-ring (bicyclic) bond motifs is 2. The van der Waals surface area contributed by atoms with Crippen molar-refractivity contribution in [3.63, 3.8) is 0 Å². The Morgan fingerprint density at radius 1 is 1.11 bits per heavy atom. The number of rotatable bonds is 0. The van der Waals surface area contributed by atoms with Gasteiger partial charge in [0, 0.05) is 5.56 Å². The van der Waals surface area contributed by atoms with E-state index in [4.69, 9.17) is 4.42 Å². The van der Waals surface area contributed by atoms with E-state index in [0.717, 1.165) is 0 Å². The molecule has 1 heterocycles. The third-order valence-corrected chi connectivity index (χ3v) is 3.26. The number of phenolic OH excluding ortho intramolecular Hbond substituents is 1. The van der Waals surface area contributed by atoms with Crippen LogP contribution in [-0.4, -0.2) is 5.11 Å². The largest absolute Gasteiger partial charge is 0.507 e. The predicted octanol–water partition coefficient (Wildman–Crippen LogP) is 3.27. The fourth-order valence-electron chi connectivity index (χ4n) is 2.25. The van der Waals surface area contributed by atoms with E-state index in [9.17, 15) is 9.90 Å². The Kier molecular flexibility index (Phi) is 2.17. The fraction of sp³-hybridized carbons (Fsp3) is 0.133. The van der Waals surface area contributed by atoms with Gasteiger partial charge in [-0.05, 0) is 37.6 Å². The van der Waals surface area contributed by atoms with Crippen LogP contribution in [0.4, 0.5) is 0 Å². The van der Waals surface area contributed by atoms with Crippen molar-refractivity contribution < 1.29 is 9.52 Å². The van der Waals surface area contributed by atoms with Gasteiger partial charge in [-0.1, -0.05) is 12.1 Å². The van der Waals surface area contributed by atoms with E-state index in [-0.39, 0.29) is 11.2 Å². The van der Waals surface area contributed by atoms with E-state index in [2.05, 4.69) is 0 Å². The number of hydrogen-bond acceptors (Lipinski definition) is 3. The quantitative estimate of drug-likeness (QED) is 0.613. The molecular formula is C15H12O3. The summed E-state index contributed by atoms with van der Waals surface area (Å²) in [6.07, 6.45) is 0. The van der Waals surface area contributed by atoms with Crippen molar-refractivity contribution in [2.45, 2.75) is 13.8 Å². The zero-order valence-corrected chi connectivity index (χ0v) is 10.2. The lowest BCUT2D eigenvalue weighted by atomic mass is 10.0. The molecule has 0 aliphatic rings. The number of aryl methyl sites for hydroxylation is 2. The molecule has 2 aromatic carbocycles. The Balaban J connectivity index is 2.65.